The van der Waals surface area contributed by atoms with Crippen molar-refractivity contribution in [2.24, 2.45) is 11.3 Å². The molecule has 1 aliphatic rings. The first kappa shape index (κ1) is 14.5. The van der Waals surface area contributed by atoms with E-state index in [4.69, 9.17) is 5.26 Å². The first-order valence-electron chi connectivity index (χ1n) is 6.63. The van der Waals surface area contributed by atoms with Crippen LogP contribution in [0.5, 0.6) is 0 Å². The van der Waals surface area contributed by atoms with Crippen LogP contribution in [-0.4, -0.2) is 49.1 Å². The largest absolute Gasteiger partial charge is 0.304 e. The molecular formula is C14H27N3. The summed E-state index contributed by atoms with van der Waals surface area (Å²) in [6, 6.07) is 2.75. The van der Waals surface area contributed by atoms with Gasteiger partial charge in [0.05, 0.1) is 12.5 Å². The number of nitriles is 1. The Bertz CT molecular complexity index is 278. The lowest BCUT2D eigenvalue weighted by Crippen LogP contribution is -2.43. The van der Waals surface area contributed by atoms with E-state index in [1.807, 2.05) is 0 Å². The maximum Gasteiger partial charge on any atom is 0.0638 e. The fraction of sp³-hybridized carbons (Fsp3) is 0.929. The predicted molar refractivity (Wildman–Crippen MR) is 71.7 cm³/mol. The summed E-state index contributed by atoms with van der Waals surface area (Å²) in [6.45, 7) is 13.5. The maximum absolute atomic E-state index is 8.98. The molecule has 0 N–H and O–H groups in total. The summed E-state index contributed by atoms with van der Waals surface area (Å²) in [5.41, 5.74) is 0.313. The van der Waals surface area contributed by atoms with E-state index in [-0.39, 0.29) is 0 Å². The van der Waals surface area contributed by atoms with E-state index in [1.165, 1.54) is 0 Å². The molecular weight excluding hydrogens is 210 g/mol. The molecule has 0 aromatic heterocycles. The summed E-state index contributed by atoms with van der Waals surface area (Å²) in [4.78, 5) is 4.90. The van der Waals surface area contributed by atoms with Crippen molar-refractivity contribution >= 4 is 0 Å². The number of rotatable bonds is 3. The van der Waals surface area contributed by atoms with Crippen LogP contribution in [0.4, 0.5) is 0 Å². The maximum atomic E-state index is 8.98. The summed E-state index contributed by atoms with van der Waals surface area (Å²) in [5.74, 6) is 0.662. The molecule has 1 fully saturated rings. The SMILES string of the molecule is CC(C)CN1CC(C)(C)CN(C)CC1CC#N. The molecule has 3 heteroatoms. The molecule has 1 heterocycles. The molecule has 0 aromatic carbocycles. The number of nitrogens with zero attached hydrogens (tertiary/aromatic N) is 3. The highest BCUT2D eigenvalue weighted by Gasteiger charge is 2.32. The van der Waals surface area contributed by atoms with Gasteiger partial charge in [-0.05, 0) is 18.4 Å². The minimum atomic E-state index is 0.313. The van der Waals surface area contributed by atoms with Gasteiger partial charge in [-0.25, -0.2) is 0 Å². The van der Waals surface area contributed by atoms with E-state index in [9.17, 15) is 0 Å². The molecule has 0 spiro atoms. The van der Waals surface area contributed by atoms with Gasteiger partial charge >= 0.3 is 0 Å². The zero-order valence-electron chi connectivity index (χ0n) is 12.0. The van der Waals surface area contributed by atoms with Gasteiger partial charge in [0.25, 0.3) is 0 Å². The van der Waals surface area contributed by atoms with Crippen LogP contribution in [0.2, 0.25) is 0 Å². The first-order valence-corrected chi connectivity index (χ1v) is 6.63. The van der Waals surface area contributed by atoms with Crippen LogP contribution in [0.25, 0.3) is 0 Å². The summed E-state index contributed by atoms with van der Waals surface area (Å²) in [6.07, 6.45) is 0.646. The number of likely N-dealkylation sites (N-methyl/N-ethyl adjacent to an activating group) is 1. The predicted octanol–water partition coefficient (Wildman–Crippen LogP) is 2.20. The summed E-state index contributed by atoms with van der Waals surface area (Å²) in [5, 5.41) is 8.98. The van der Waals surface area contributed by atoms with E-state index >= 15 is 0 Å². The van der Waals surface area contributed by atoms with Gasteiger partial charge in [-0.2, -0.15) is 5.26 Å². The number of hydrogen-bond donors (Lipinski definition) is 0. The van der Waals surface area contributed by atoms with Crippen molar-refractivity contribution in [1.29, 1.82) is 5.26 Å². The van der Waals surface area contributed by atoms with Crippen molar-refractivity contribution in [3.8, 4) is 6.07 Å². The van der Waals surface area contributed by atoms with E-state index in [2.05, 4.69) is 50.6 Å². The quantitative estimate of drug-likeness (QED) is 0.754. The molecule has 1 aliphatic heterocycles. The van der Waals surface area contributed by atoms with Crippen LogP contribution in [0.15, 0.2) is 0 Å². The highest BCUT2D eigenvalue weighted by molar-refractivity contribution is 4.91. The van der Waals surface area contributed by atoms with E-state index in [1.54, 1.807) is 0 Å². The van der Waals surface area contributed by atoms with Gasteiger partial charge in [-0.15, -0.1) is 0 Å². The average molecular weight is 237 g/mol. The fourth-order valence-corrected chi connectivity index (χ4v) is 2.98. The van der Waals surface area contributed by atoms with Gasteiger partial charge < -0.3 is 4.90 Å². The van der Waals surface area contributed by atoms with Crippen LogP contribution in [-0.2, 0) is 0 Å². The smallest absolute Gasteiger partial charge is 0.0638 e. The highest BCUT2D eigenvalue weighted by atomic mass is 15.2. The van der Waals surface area contributed by atoms with Crippen molar-refractivity contribution in [2.45, 2.75) is 40.2 Å². The van der Waals surface area contributed by atoms with Crippen molar-refractivity contribution in [2.75, 3.05) is 33.2 Å². The summed E-state index contributed by atoms with van der Waals surface area (Å²) >= 11 is 0. The standard InChI is InChI=1S/C14H27N3/c1-12(2)8-17-11-14(3,4)10-16(5)9-13(17)6-7-15/h12-13H,6,8-11H2,1-5H3. The van der Waals surface area contributed by atoms with Gasteiger partial charge in [0.15, 0.2) is 0 Å². The Labute approximate surface area is 106 Å². The van der Waals surface area contributed by atoms with E-state index < -0.39 is 0 Å². The lowest BCUT2D eigenvalue weighted by atomic mass is 9.92. The normalized spacial score (nSPS) is 26.8. The third-order valence-electron chi connectivity index (χ3n) is 3.29. The third kappa shape index (κ3) is 4.65. The van der Waals surface area contributed by atoms with Crippen molar-refractivity contribution in [1.82, 2.24) is 9.80 Å². The average Bonchev–Trinajstić information content (AvgIpc) is 2.22. The van der Waals surface area contributed by atoms with Crippen LogP contribution in [0, 0.1) is 22.7 Å². The Morgan fingerprint density at radius 3 is 2.53 bits per heavy atom. The molecule has 1 saturated heterocycles. The molecule has 17 heavy (non-hydrogen) atoms. The van der Waals surface area contributed by atoms with Gasteiger partial charge in [0, 0.05) is 32.2 Å². The van der Waals surface area contributed by atoms with Gasteiger partial charge in [-0.3, -0.25) is 4.90 Å². The zero-order chi connectivity index (χ0) is 13.1. The Morgan fingerprint density at radius 2 is 2.00 bits per heavy atom. The summed E-state index contributed by atoms with van der Waals surface area (Å²) < 4.78 is 0. The lowest BCUT2D eigenvalue weighted by Gasteiger charge is -2.34. The zero-order valence-corrected chi connectivity index (χ0v) is 12.0. The second-order valence-corrected chi connectivity index (χ2v) is 6.70. The Kier molecular flexibility index (Phi) is 4.97. The van der Waals surface area contributed by atoms with Gasteiger partial charge in [-0.1, -0.05) is 27.7 Å². The van der Waals surface area contributed by atoms with Crippen LogP contribution in [0.3, 0.4) is 0 Å². The highest BCUT2D eigenvalue weighted by Crippen LogP contribution is 2.25. The lowest BCUT2D eigenvalue weighted by molar-refractivity contribution is 0.142. The molecule has 0 bridgehead atoms. The molecule has 0 aromatic rings. The Morgan fingerprint density at radius 1 is 1.35 bits per heavy atom. The third-order valence-corrected chi connectivity index (χ3v) is 3.29. The Balaban J connectivity index is 2.81. The van der Waals surface area contributed by atoms with Gasteiger partial charge in [0.2, 0.25) is 0 Å². The van der Waals surface area contributed by atoms with E-state index in [0.29, 0.717) is 23.8 Å². The van der Waals surface area contributed by atoms with Crippen LogP contribution in [0.1, 0.15) is 34.1 Å². The molecule has 1 rings (SSSR count). The minimum absolute atomic E-state index is 0.313. The second-order valence-electron chi connectivity index (χ2n) is 6.70. The Hall–Kier alpha value is -0.590. The van der Waals surface area contributed by atoms with Crippen molar-refractivity contribution < 1.29 is 0 Å². The summed E-state index contributed by atoms with van der Waals surface area (Å²) in [7, 11) is 2.17. The molecule has 0 radical (unpaired) electrons. The van der Waals surface area contributed by atoms with E-state index in [0.717, 1.165) is 26.2 Å². The molecule has 3 nitrogen and oxygen atoms in total. The van der Waals surface area contributed by atoms with Gasteiger partial charge in [0.1, 0.15) is 0 Å². The van der Waals surface area contributed by atoms with Crippen molar-refractivity contribution in [3.63, 3.8) is 0 Å². The van der Waals surface area contributed by atoms with Crippen LogP contribution >= 0.6 is 0 Å². The molecule has 1 atom stereocenters. The first-order chi connectivity index (χ1) is 7.84. The topological polar surface area (TPSA) is 30.3 Å². The molecule has 98 valence electrons. The molecule has 1 unspecified atom stereocenters. The molecule has 0 aliphatic carbocycles. The monoisotopic (exact) mass is 237 g/mol. The minimum Gasteiger partial charge on any atom is -0.304 e. The second kappa shape index (κ2) is 5.84. The molecule has 0 saturated carbocycles. The molecule has 0 amide bonds. The number of hydrogen-bond acceptors (Lipinski definition) is 3. The van der Waals surface area contributed by atoms with Crippen LogP contribution < -0.4 is 0 Å². The van der Waals surface area contributed by atoms with Crippen molar-refractivity contribution in [3.05, 3.63) is 0 Å². The fourth-order valence-electron chi connectivity index (χ4n) is 2.98.